The summed E-state index contributed by atoms with van der Waals surface area (Å²) in [5, 5.41) is 0. The molecule has 0 saturated carbocycles. The predicted molar refractivity (Wildman–Crippen MR) is 126 cm³/mol. The lowest BCUT2D eigenvalue weighted by Gasteiger charge is -2.27. The van der Waals surface area contributed by atoms with Gasteiger partial charge in [0.2, 0.25) is 29.0 Å². The zero-order valence-electron chi connectivity index (χ0n) is 18.0. The molecule has 3 aliphatic rings. The number of carbonyl (C=O) groups excluding carboxylic acids is 4. The van der Waals surface area contributed by atoms with Crippen molar-refractivity contribution in [3.8, 4) is 0 Å². The van der Waals surface area contributed by atoms with Crippen LogP contribution in [0, 0.1) is 18.8 Å². The van der Waals surface area contributed by atoms with Crippen molar-refractivity contribution < 1.29 is 23.9 Å². The van der Waals surface area contributed by atoms with Gasteiger partial charge in [0.25, 0.3) is 0 Å². The summed E-state index contributed by atoms with van der Waals surface area (Å²) in [4.78, 5) is 56.2. The van der Waals surface area contributed by atoms with E-state index in [0.717, 1.165) is 14.9 Å². The van der Waals surface area contributed by atoms with Gasteiger partial charge in [-0.15, -0.1) is 0 Å². The Labute approximate surface area is 203 Å². The maximum absolute atomic E-state index is 13.9. The summed E-state index contributed by atoms with van der Waals surface area (Å²) in [7, 11) is 0. The number of fused-ring (bicyclic) bond motifs is 3. The summed E-state index contributed by atoms with van der Waals surface area (Å²) in [6.45, 7) is 1.87. The quantitative estimate of drug-likeness (QED) is 0.372. The Hall–Kier alpha value is -3.42. The Morgan fingerprint density at radius 3 is 2.00 bits per heavy atom. The molecular formula is C27H18BrNO5. The summed E-state index contributed by atoms with van der Waals surface area (Å²) in [5.74, 6) is -4.43. The molecule has 0 unspecified atom stereocenters. The molecule has 3 aromatic carbocycles. The largest absolute Gasteiger partial charge is 0.349 e. The van der Waals surface area contributed by atoms with Crippen molar-refractivity contribution >= 4 is 45.0 Å². The number of carbonyl (C=O) groups is 4. The second-order valence-corrected chi connectivity index (χ2v) is 9.74. The first-order chi connectivity index (χ1) is 16.4. The van der Waals surface area contributed by atoms with Gasteiger partial charge >= 0.3 is 0 Å². The van der Waals surface area contributed by atoms with Gasteiger partial charge in [0.15, 0.2) is 0 Å². The van der Waals surface area contributed by atoms with Gasteiger partial charge in [0.1, 0.15) is 0 Å². The van der Waals surface area contributed by atoms with Gasteiger partial charge < -0.3 is 4.74 Å². The van der Waals surface area contributed by atoms with E-state index in [1.165, 1.54) is 0 Å². The van der Waals surface area contributed by atoms with Crippen LogP contribution in [0.3, 0.4) is 0 Å². The number of nitrogens with zero attached hydrogens (tertiary/aromatic N) is 1. The molecule has 0 bridgehead atoms. The minimum Gasteiger partial charge on any atom is -0.349 e. The predicted octanol–water partition coefficient (Wildman–Crippen LogP) is 4.45. The summed E-state index contributed by atoms with van der Waals surface area (Å²) in [6, 6.07) is 20.6. The number of rotatable bonds is 2. The molecule has 168 valence electrons. The highest BCUT2D eigenvalue weighted by Gasteiger charge is 2.74. The average molecular weight is 516 g/mol. The van der Waals surface area contributed by atoms with Crippen molar-refractivity contribution in [1.82, 2.24) is 0 Å². The number of hydrogen-bond acceptors (Lipinski definition) is 5. The summed E-state index contributed by atoms with van der Waals surface area (Å²) < 4.78 is 7.12. The van der Waals surface area contributed by atoms with Gasteiger partial charge in [-0.05, 0) is 42.3 Å². The summed E-state index contributed by atoms with van der Waals surface area (Å²) >= 11 is 3.36. The first-order valence-corrected chi connectivity index (χ1v) is 11.7. The Balaban J connectivity index is 1.56. The monoisotopic (exact) mass is 515 g/mol. The first-order valence-electron chi connectivity index (χ1n) is 10.9. The van der Waals surface area contributed by atoms with E-state index in [2.05, 4.69) is 15.9 Å². The molecule has 3 aromatic rings. The van der Waals surface area contributed by atoms with Crippen LogP contribution in [0.15, 0.2) is 77.3 Å². The number of aryl methyl sites for hydroxylation is 1. The first kappa shape index (κ1) is 21.1. The maximum Gasteiger partial charge on any atom is 0.241 e. The lowest BCUT2D eigenvalue weighted by Crippen LogP contribution is -2.51. The number of anilines is 1. The molecule has 0 N–H and O–H groups in total. The number of benzene rings is 3. The lowest BCUT2D eigenvalue weighted by molar-refractivity contribution is -0.127. The van der Waals surface area contributed by atoms with Crippen molar-refractivity contribution in [1.29, 1.82) is 0 Å². The van der Waals surface area contributed by atoms with Crippen LogP contribution >= 0.6 is 15.9 Å². The zero-order chi connectivity index (χ0) is 23.8. The molecule has 6 rings (SSSR count). The highest BCUT2D eigenvalue weighted by Crippen LogP contribution is 2.58. The minimum atomic E-state index is -2.06. The molecule has 2 saturated heterocycles. The third-order valence-corrected chi connectivity index (χ3v) is 7.63. The SMILES string of the molecule is Cc1ccccc1[C@@H]1OC2(C(=O)c3ccccc3C2=O)[C@@H]2C(=O)N(c3ccc(Br)cc3)C(=O)[C@@H]21. The smallest absolute Gasteiger partial charge is 0.241 e. The van der Waals surface area contributed by atoms with Gasteiger partial charge in [-0.2, -0.15) is 0 Å². The molecule has 1 aliphatic carbocycles. The van der Waals surface area contributed by atoms with E-state index in [0.29, 0.717) is 11.3 Å². The topological polar surface area (TPSA) is 80.8 Å². The number of halogens is 1. The van der Waals surface area contributed by atoms with E-state index in [9.17, 15) is 19.2 Å². The molecule has 2 heterocycles. The number of ketones is 2. The molecule has 2 aliphatic heterocycles. The van der Waals surface area contributed by atoms with E-state index >= 15 is 0 Å². The van der Waals surface area contributed by atoms with Crippen molar-refractivity contribution in [3.63, 3.8) is 0 Å². The number of hydrogen-bond donors (Lipinski definition) is 0. The lowest BCUT2D eigenvalue weighted by atomic mass is 9.77. The van der Waals surface area contributed by atoms with Crippen LogP contribution in [0.2, 0.25) is 0 Å². The van der Waals surface area contributed by atoms with Crippen molar-refractivity contribution in [2.24, 2.45) is 11.8 Å². The molecule has 1 spiro atoms. The highest BCUT2D eigenvalue weighted by molar-refractivity contribution is 9.10. The molecule has 7 heteroatoms. The van der Waals surface area contributed by atoms with E-state index in [1.807, 2.05) is 31.2 Å². The van der Waals surface area contributed by atoms with Gasteiger partial charge in [0, 0.05) is 15.6 Å². The third kappa shape index (κ3) is 2.59. The Morgan fingerprint density at radius 2 is 1.38 bits per heavy atom. The van der Waals surface area contributed by atoms with E-state index in [4.69, 9.17) is 4.74 Å². The fourth-order valence-corrected chi connectivity index (χ4v) is 5.81. The Kier molecular flexibility index (Phi) is 4.53. The van der Waals surface area contributed by atoms with Gasteiger partial charge in [-0.25, -0.2) is 4.90 Å². The average Bonchev–Trinajstić information content (AvgIpc) is 3.40. The second-order valence-electron chi connectivity index (χ2n) is 8.83. The van der Waals surface area contributed by atoms with Crippen molar-refractivity contribution in [3.05, 3.63) is 99.5 Å². The number of ether oxygens (including phenoxy) is 1. The molecule has 3 atom stereocenters. The third-order valence-electron chi connectivity index (χ3n) is 7.10. The minimum absolute atomic E-state index is 0.221. The molecule has 0 aromatic heterocycles. The fraction of sp³-hybridized carbons (Fsp3) is 0.185. The molecule has 0 radical (unpaired) electrons. The van der Waals surface area contributed by atoms with Crippen LogP contribution in [0.4, 0.5) is 5.69 Å². The number of amides is 2. The van der Waals surface area contributed by atoms with Crippen LogP contribution < -0.4 is 4.90 Å². The van der Waals surface area contributed by atoms with Crippen LogP contribution in [0.1, 0.15) is 37.9 Å². The van der Waals surface area contributed by atoms with Crippen LogP contribution in [0.25, 0.3) is 0 Å². The van der Waals surface area contributed by atoms with Crippen LogP contribution in [-0.4, -0.2) is 29.0 Å². The number of Topliss-reactive ketones (excluding diaryl/α,β-unsaturated/α-hetero) is 2. The maximum atomic E-state index is 13.9. The molecule has 2 amide bonds. The van der Waals surface area contributed by atoms with Crippen molar-refractivity contribution in [2.75, 3.05) is 4.90 Å². The highest BCUT2D eigenvalue weighted by atomic mass is 79.9. The van der Waals surface area contributed by atoms with Crippen molar-refractivity contribution in [2.45, 2.75) is 18.6 Å². The molecule has 2 fully saturated rings. The summed E-state index contributed by atoms with van der Waals surface area (Å²) in [5.41, 5.74) is 0.309. The summed E-state index contributed by atoms with van der Waals surface area (Å²) in [6.07, 6.45) is -0.912. The normalized spacial score (nSPS) is 24.8. The Morgan fingerprint density at radius 1 is 0.794 bits per heavy atom. The van der Waals surface area contributed by atoms with Gasteiger partial charge in [0.05, 0.1) is 23.6 Å². The Bertz CT molecular complexity index is 1380. The van der Waals surface area contributed by atoms with Crippen LogP contribution in [0.5, 0.6) is 0 Å². The molecule has 6 nitrogen and oxygen atoms in total. The fourth-order valence-electron chi connectivity index (χ4n) is 5.55. The molecular weight excluding hydrogens is 498 g/mol. The standard InChI is InChI=1S/C27H18BrNO5/c1-14-6-2-3-7-17(14)22-20-21(26(33)29(25(20)32)16-12-10-15(28)11-13-16)27(34-22)23(30)18-8-4-5-9-19(18)24(27)31/h2-13,20-22H,1H3/t20-,21-,22-/m0/s1. The van der Waals surface area contributed by atoms with E-state index < -0.39 is 46.9 Å². The van der Waals surface area contributed by atoms with Gasteiger partial charge in [-0.1, -0.05) is 64.5 Å². The van der Waals surface area contributed by atoms with Crippen LogP contribution in [-0.2, 0) is 14.3 Å². The van der Waals surface area contributed by atoms with E-state index in [1.54, 1.807) is 48.5 Å². The number of imide groups is 1. The zero-order valence-corrected chi connectivity index (χ0v) is 19.6. The second kappa shape index (κ2) is 7.29. The van der Waals surface area contributed by atoms with E-state index in [-0.39, 0.29) is 11.1 Å². The molecule has 34 heavy (non-hydrogen) atoms. The van der Waals surface area contributed by atoms with Gasteiger partial charge in [-0.3, -0.25) is 19.2 Å².